The van der Waals surface area contributed by atoms with E-state index in [1.54, 1.807) is 24.1 Å². The predicted octanol–water partition coefficient (Wildman–Crippen LogP) is 4.98. The SMILES string of the molecule is CCN(CC)C(=O)C1=C(C)N=C2SC=C(CC(=O)NCc3ccc(F)cc3)N2C1c1ccccc1OC. The van der Waals surface area contributed by atoms with E-state index in [0.717, 1.165) is 16.8 Å². The monoisotopic (exact) mass is 522 g/mol. The maximum Gasteiger partial charge on any atom is 0.254 e. The van der Waals surface area contributed by atoms with Crippen molar-refractivity contribution in [2.75, 3.05) is 20.2 Å². The van der Waals surface area contributed by atoms with Crippen LogP contribution in [0.25, 0.3) is 0 Å². The molecule has 0 radical (unpaired) electrons. The molecule has 2 aliphatic heterocycles. The minimum atomic E-state index is -0.497. The van der Waals surface area contributed by atoms with Crippen LogP contribution in [-0.2, 0) is 16.1 Å². The lowest BCUT2D eigenvalue weighted by Crippen LogP contribution is -2.42. The normalized spacial score (nSPS) is 16.7. The van der Waals surface area contributed by atoms with Gasteiger partial charge in [0, 0.05) is 30.9 Å². The molecule has 0 aromatic heterocycles. The van der Waals surface area contributed by atoms with E-state index in [2.05, 4.69) is 5.32 Å². The summed E-state index contributed by atoms with van der Waals surface area (Å²) < 4.78 is 18.9. The first-order chi connectivity index (χ1) is 17.9. The van der Waals surface area contributed by atoms with Crippen LogP contribution in [0.2, 0.25) is 0 Å². The first kappa shape index (κ1) is 26.5. The lowest BCUT2D eigenvalue weighted by Gasteiger charge is -2.38. The summed E-state index contributed by atoms with van der Waals surface area (Å²) in [6, 6.07) is 13.2. The molecular formula is C28H31FN4O3S. The Labute approximate surface area is 221 Å². The molecule has 1 unspecified atom stereocenters. The van der Waals surface area contributed by atoms with Crippen molar-refractivity contribution >= 4 is 28.7 Å². The summed E-state index contributed by atoms with van der Waals surface area (Å²) in [5.41, 5.74) is 3.60. The van der Waals surface area contributed by atoms with E-state index in [4.69, 9.17) is 9.73 Å². The number of amidine groups is 1. The molecule has 194 valence electrons. The molecule has 1 N–H and O–H groups in total. The van der Waals surface area contributed by atoms with Crippen molar-refractivity contribution in [2.45, 2.75) is 39.8 Å². The molecule has 1 atom stereocenters. The smallest absolute Gasteiger partial charge is 0.254 e. The molecule has 4 rings (SSSR count). The third kappa shape index (κ3) is 5.56. The van der Waals surface area contributed by atoms with E-state index in [-0.39, 0.29) is 24.1 Å². The van der Waals surface area contributed by atoms with Gasteiger partial charge in [-0.1, -0.05) is 42.1 Å². The van der Waals surface area contributed by atoms with E-state index in [1.807, 2.05) is 55.3 Å². The van der Waals surface area contributed by atoms with Crippen molar-refractivity contribution < 1.29 is 18.7 Å². The molecule has 2 aromatic carbocycles. The molecule has 2 aromatic rings. The van der Waals surface area contributed by atoms with Crippen molar-refractivity contribution in [2.24, 2.45) is 4.99 Å². The lowest BCUT2D eigenvalue weighted by atomic mass is 9.92. The Morgan fingerprint density at radius 3 is 2.51 bits per heavy atom. The van der Waals surface area contributed by atoms with Crippen molar-refractivity contribution in [3.05, 3.63) is 87.9 Å². The number of hydrogen-bond acceptors (Lipinski definition) is 6. The number of thioether (sulfide) groups is 1. The van der Waals surface area contributed by atoms with Gasteiger partial charge in [-0.05, 0) is 49.9 Å². The number of ether oxygens (including phenoxy) is 1. The number of allylic oxidation sites excluding steroid dienone is 1. The summed E-state index contributed by atoms with van der Waals surface area (Å²) in [6.45, 7) is 7.21. The number of carbonyl (C=O) groups is 2. The first-order valence-corrected chi connectivity index (χ1v) is 13.1. The second-order valence-electron chi connectivity index (χ2n) is 8.69. The topological polar surface area (TPSA) is 74.2 Å². The standard InChI is InChI=1S/C28H31FN4O3S/c1-5-32(6-2)27(35)25-18(3)31-28-33(26(25)22-9-7-8-10-23(22)36-4)21(17-37-28)15-24(34)30-16-19-11-13-20(29)14-12-19/h7-14,17,26H,5-6,15-16H2,1-4H3,(H,30,34). The van der Waals surface area contributed by atoms with Crippen LogP contribution in [0.4, 0.5) is 4.39 Å². The maximum absolute atomic E-state index is 13.8. The third-order valence-corrected chi connectivity index (χ3v) is 7.35. The zero-order chi connectivity index (χ0) is 26.5. The minimum absolute atomic E-state index is 0.0850. The van der Waals surface area contributed by atoms with Gasteiger partial charge >= 0.3 is 0 Å². The molecule has 2 aliphatic rings. The summed E-state index contributed by atoms with van der Waals surface area (Å²) in [6.07, 6.45) is 0.102. The highest BCUT2D eigenvalue weighted by molar-refractivity contribution is 8.16. The second-order valence-corrected chi connectivity index (χ2v) is 9.53. The fourth-order valence-corrected chi connectivity index (χ4v) is 5.51. The molecule has 7 nitrogen and oxygen atoms in total. The van der Waals surface area contributed by atoms with Crippen LogP contribution in [0.3, 0.4) is 0 Å². The Kier molecular flexibility index (Phi) is 8.33. The minimum Gasteiger partial charge on any atom is -0.496 e. The van der Waals surface area contributed by atoms with E-state index < -0.39 is 6.04 Å². The van der Waals surface area contributed by atoms with E-state index in [9.17, 15) is 14.0 Å². The van der Waals surface area contributed by atoms with Crippen LogP contribution >= 0.6 is 11.8 Å². The number of likely N-dealkylation sites (N-methyl/N-ethyl adjacent to an activating group) is 1. The zero-order valence-electron chi connectivity index (χ0n) is 21.5. The zero-order valence-corrected chi connectivity index (χ0v) is 22.3. The molecule has 2 heterocycles. The van der Waals surface area contributed by atoms with Gasteiger partial charge in [0.05, 0.1) is 30.8 Å². The van der Waals surface area contributed by atoms with Gasteiger partial charge in [-0.15, -0.1) is 0 Å². The molecule has 9 heteroatoms. The van der Waals surface area contributed by atoms with Gasteiger partial charge in [0.1, 0.15) is 11.6 Å². The van der Waals surface area contributed by atoms with Crippen molar-refractivity contribution in [1.82, 2.24) is 15.1 Å². The number of nitrogens with zero attached hydrogens (tertiary/aromatic N) is 3. The number of benzene rings is 2. The average Bonchev–Trinajstić information content (AvgIpc) is 3.29. The molecule has 0 bridgehead atoms. The highest BCUT2D eigenvalue weighted by Crippen LogP contribution is 2.47. The molecule has 0 saturated heterocycles. The Bertz CT molecular complexity index is 1270. The van der Waals surface area contributed by atoms with E-state index in [0.29, 0.717) is 41.8 Å². The van der Waals surface area contributed by atoms with Gasteiger partial charge < -0.3 is 19.9 Å². The van der Waals surface area contributed by atoms with Gasteiger partial charge in [-0.25, -0.2) is 9.38 Å². The molecule has 37 heavy (non-hydrogen) atoms. The number of hydrogen-bond donors (Lipinski definition) is 1. The molecule has 0 aliphatic carbocycles. The Hall–Kier alpha value is -3.59. The van der Waals surface area contributed by atoms with Crippen LogP contribution in [0, 0.1) is 5.82 Å². The van der Waals surface area contributed by atoms with Crippen LogP contribution in [0.1, 0.15) is 44.4 Å². The fraction of sp³-hybridized carbons (Fsp3) is 0.321. The molecule has 2 amide bonds. The highest BCUT2D eigenvalue weighted by Gasteiger charge is 2.42. The van der Waals surface area contributed by atoms with Crippen LogP contribution in [0.15, 0.2) is 75.9 Å². The number of halogens is 1. The van der Waals surface area contributed by atoms with E-state index >= 15 is 0 Å². The van der Waals surface area contributed by atoms with Gasteiger partial charge in [-0.2, -0.15) is 0 Å². The maximum atomic E-state index is 13.8. The fourth-order valence-electron chi connectivity index (χ4n) is 4.54. The second kappa shape index (κ2) is 11.6. The summed E-state index contributed by atoms with van der Waals surface area (Å²) >= 11 is 1.43. The molecule has 0 saturated carbocycles. The highest BCUT2D eigenvalue weighted by atomic mass is 32.2. The summed E-state index contributed by atoms with van der Waals surface area (Å²) in [5.74, 6) is 0.0710. The molecule has 0 fully saturated rings. The third-order valence-electron chi connectivity index (χ3n) is 6.46. The van der Waals surface area contributed by atoms with E-state index in [1.165, 1.54) is 23.9 Å². The number of nitrogens with one attached hydrogen (secondary N) is 1. The quantitative estimate of drug-likeness (QED) is 0.503. The Morgan fingerprint density at radius 1 is 1.14 bits per heavy atom. The van der Waals surface area contributed by atoms with Crippen molar-refractivity contribution in [3.63, 3.8) is 0 Å². The van der Waals surface area contributed by atoms with Gasteiger partial charge in [0.2, 0.25) is 5.91 Å². The summed E-state index contributed by atoms with van der Waals surface area (Å²) in [5, 5.41) is 5.53. The number of rotatable bonds is 9. The number of amides is 2. The summed E-state index contributed by atoms with van der Waals surface area (Å²) in [7, 11) is 1.61. The van der Waals surface area contributed by atoms with Crippen molar-refractivity contribution in [3.8, 4) is 5.75 Å². The number of para-hydroxylation sites is 1. The Balaban J connectivity index is 1.66. The number of aliphatic imine (C=N–C) groups is 1. The first-order valence-electron chi connectivity index (χ1n) is 12.3. The predicted molar refractivity (Wildman–Crippen MR) is 144 cm³/mol. The molecular weight excluding hydrogens is 491 g/mol. The van der Waals surface area contributed by atoms with Crippen molar-refractivity contribution in [1.29, 1.82) is 0 Å². The number of methoxy groups -OCH3 is 1. The lowest BCUT2D eigenvalue weighted by molar-refractivity contribution is -0.127. The van der Waals surface area contributed by atoms with Crippen LogP contribution in [0.5, 0.6) is 5.75 Å². The largest absolute Gasteiger partial charge is 0.496 e. The van der Waals surface area contributed by atoms with Gasteiger partial charge in [0.15, 0.2) is 5.17 Å². The van der Waals surface area contributed by atoms with Gasteiger partial charge in [-0.3, -0.25) is 9.59 Å². The van der Waals surface area contributed by atoms with Gasteiger partial charge in [0.25, 0.3) is 5.91 Å². The number of carbonyl (C=O) groups excluding carboxylic acids is 2. The van der Waals surface area contributed by atoms with Crippen LogP contribution in [-0.4, -0.2) is 47.0 Å². The van der Waals surface area contributed by atoms with Crippen LogP contribution < -0.4 is 10.1 Å². The summed E-state index contributed by atoms with van der Waals surface area (Å²) in [4.78, 5) is 35.2. The molecule has 0 spiro atoms. The number of fused-ring (bicyclic) bond motifs is 1. The Morgan fingerprint density at radius 2 is 1.84 bits per heavy atom. The average molecular weight is 523 g/mol.